The number of unbranched alkanes of at least 4 members (excludes halogenated alkanes) is 3. The van der Waals surface area contributed by atoms with Crippen molar-refractivity contribution in [2.24, 2.45) is 0 Å². The minimum absolute atomic E-state index is 0.604. The lowest BCUT2D eigenvalue weighted by Crippen LogP contribution is -2.37. The average Bonchev–Trinajstić information content (AvgIpc) is 2.97. The molecular weight excluding hydrogens is 328 g/mol. The second-order valence-electron chi connectivity index (χ2n) is 7.24. The van der Waals surface area contributed by atoms with Gasteiger partial charge in [-0.25, -0.2) is 0 Å². The molecule has 1 aliphatic rings. The van der Waals surface area contributed by atoms with Gasteiger partial charge in [0.2, 0.25) is 0 Å². The molecule has 0 radical (unpaired) electrons. The minimum Gasteiger partial charge on any atom is -0.166 e. The summed E-state index contributed by atoms with van der Waals surface area (Å²) in [5.74, 6) is 0. The summed E-state index contributed by atoms with van der Waals surface area (Å²) in [6, 6.07) is 23.4. The lowest BCUT2D eigenvalue weighted by Gasteiger charge is -2.33. The van der Waals surface area contributed by atoms with Crippen LogP contribution in [0.3, 0.4) is 0 Å². The molecule has 2 atom stereocenters. The summed E-state index contributed by atoms with van der Waals surface area (Å²) < 4.78 is 0. The molecule has 0 unspecified atom stereocenters. The van der Waals surface area contributed by atoms with Gasteiger partial charge in [0.25, 0.3) is 0 Å². The standard InChI is InChI=1S/C22H29ClSi/c1-2-3-4-11-18-24(23)21(19-12-7-5-8-13-19)16-17-22(24)20-14-9-6-10-15-20/h5-10,12-15,21-22H,2-4,11,16-18H2,1H3/t21-,22-/m0/s1. The van der Waals surface area contributed by atoms with E-state index in [1.807, 2.05) is 0 Å². The fourth-order valence-corrected chi connectivity index (χ4v) is 11.1. The third-order valence-electron chi connectivity index (χ3n) is 5.72. The third-order valence-corrected chi connectivity index (χ3v) is 12.5. The molecule has 2 aromatic carbocycles. The van der Waals surface area contributed by atoms with Crippen LogP contribution in [0.4, 0.5) is 0 Å². The number of benzene rings is 2. The van der Waals surface area contributed by atoms with Gasteiger partial charge in [0.1, 0.15) is 0 Å². The quantitative estimate of drug-likeness (QED) is 0.279. The highest BCUT2D eigenvalue weighted by Gasteiger charge is 2.51. The van der Waals surface area contributed by atoms with Crippen molar-refractivity contribution in [1.82, 2.24) is 0 Å². The smallest absolute Gasteiger partial charge is 0.166 e. The molecule has 1 saturated heterocycles. The fourth-order valence-electron chi connectivity index (χ4n) is 4.49. The van der Waals surface area contributed by atoms with E-state index in [1.54, 1.807) is 0 Å². The Morgan fingerprint density at radius 2 is 1.29 bits per heavy atom. The van der Waals surface area contributed by atoms with Gasteiger partial charge >= 0.3 is 0 Å². The molecule has 0 nitrogen and oxygen atoms in total. The summed E-state index contributed by atoms with van der Waals surface area (Å²) >= 11 is 7.59. The Labute approximate surface area is 153 Å². The van der Waals surface area contributed by atoms with Gasteiger partial charge in [-0.2, -0.15) is 11.1 Å². The molecule has 0 aromatic heterocycles. The summed E-state index contributed by atoms with van der Waals surface area (Å²) in [6.07, 6.45) is 7.78. The van der Waals surface area contributed by atoms with Crippen molar-refractivity contribution < 1.29 is 0 Å². The highest BCUT2D eigenvalue weighted by Crippen LogP contribution is 2.54. The molecule has 2 aromatic rings. The topological polar surface area (TPSA) is 0 Å². The van der Waals surface area contributed by atoms with E-state index in [9.17, 15) is 0 Å². The molecule has 2 heteroatoms. The van der Waals surface area contributed by atoms with E-state index in [2.05, 4.69) is 67.6 Å². The Kier molecular flexibility index (Phi) is 6.18. The number of hydrogen-bond donors (Lipinski definition) is 0. The second-order valence-corrected chi connectivity index (χ2v) is 13.1. The van der Waals surface area contributed by atoms with Crippen LogP contribution in [0.5, 0.6) is 0 Å². The predicted octanol–water partition coefficient (Wildman–Crippen LogP) is 7.19. The summed E-state index contributed by atoms with van der Waals surface area (Å²) in [5, 5.41) is 0. The number of halogens is 1. The summed E-state index contributed by atoms with van der Waals surface area (Å²) in [6.45, 7) is 2.28. The van der Waals surface area contributed by atoms with Gasteiger partial charge in [-0.05, 0) is 41.1 Å². The van der Waals surface area contributed by atoms with Crippen molar-refractivity contribution in [3.8, 4) is 0 Å². The predicted molar refractivity (Wildman–Crippen MR) is 108 cm³/mol. The zero-order valence-electron chi connectivity index (χ0n) is 14.8. The molecule has 24 heavy (non-hydrogen) atoms. The maximum Gasteiger partial charge on any atom is 0.171 e. The first-order chi connectivity index (χ1) is 11.8. The normalized spacial score (nSPS) is 22.6. The Bertz CT molecular complexity index is 563. The molecule has 0 aliphatic carbocycles. The van der Waals surface area contributed by atoms with Crippen LogP contribution in [0.15, 0.2) is 60.7 Å². The molecule has 1 fully saturated rings. The van der Waals surface area contributed by atoms with Crippen LogP contribution in [0, 0.1) is 0 Å². The summed E-state index contributed by atoms with van der Waals surface area (Å²) in [4.78, 5) is 0. The molecule has 0 spiro atoms. The van der Waals surface area contributed by atoms with E-state index in [1.165, 1.54) is 55.7 Å². The SMILES string of the molecule is CCCCCC[Si]1(Cl)[C@H](c2ccccc2)CC[C@H]1c1ccccc1. The molecule has 0 N–H and O–H groups in total. The van der Waals surface area contributed by atoms with Crippen molar-refractivity contribution in [1.29, 1.82) is 0 Å². The van der Waals surface area contributed by atoms with E-state index < -0.39 is 7.38 Å². The van der Waals surface area contributed by atoms with Crippen LogP contribution in [-0.4, -0.2) is 7.38 Å². The van der Waals surface area contributed by atoms with Gasteiger partial charge < -0.3 is 0 Å². The van der Waals surface area contributed by atoms with Gasteiger partial charge in [-0.1, -0.05) is 93.3 Å². The first-order valence-electron chi connectivity index (χ1n) is 9.54. The molecule has 1 heterocycles. The van der Waals surface area contributed by atoms with Crippen molar-refractivity contribution in [2.45, 2.75) is 62.6 Å². The molecule has 1 aliphatic heterocycles. The summed E-state index contributed by atoms with van der Waals surface area (Å²) in [7, 11) is -1.90. The zero-order chi connectivity index (χ0) is 16.8. The van der Waals surface area contributed by atoms with E-state index in [-0.39, 0.29) is 0 Å². The van der Waals surface area contributed by atoms with Crippen molar-refractivity contribution in [3.05, 3.63) is 71.8 Å². The van der Waals surface area contributed by atoms with Gasteiger partial charge in [0.15, 0.2) is 7.38 Å². The molecular formula is C22H29ClSi. The molecule has 3 rings (SSSR count). The van der Waals surface area contributed by atoms with Gasteiger partial charge in [-0.3, -0.25) is 0 Å². The second kappa shape index (κ2) is 8.36. The van der Waals surface area contributed by atoms with Crippen molar-refractivity contribution in [3.63, 3.8) is 0 Å². The molecule has 0 saturated carbocycles. The maximum absolute atomic E-state index is 7.59. The van der Waals surface area contributed by atoms with Crippen molar-refractivity contribution >= 4 is 18.5 Å². The fraction of sp³-hybridized carbons (Fsp3) is 0.455. The van der Waals surface area contributed by atoms with Gasteiger partial charge in [0, 0.05) is 0 Å². The highest BCUT2D eigenvalue weighted by atomic mass is 35.6. The Morgan fingerprint density at radius 3 is 1.75 bits per heavy atom. The largest absolute Gasteiger partial charge is 0.171 e. The summed E-state index contributed by atoms with van der Waals surface area (Å²) in [5.41, 5.74) is 4.17. The van der Waals surface area contributed by atoms with Crippen LogP contribution >= 0.6 is 11.1 Å². The van der Waals surface area contributed by atoms with Crippen LogP contribution in [0.1, 0.15) is 67.7 Å². The van der Waals surface area contributed by atoms with Gasteiger partial charge in [-0.15, -0.1) is 0 Å². The molecule has 128 valence electrons. The van der Waals surface area contributed by atoms with Gasteiger partial charge in [0.05, 0.1) is 0 Å². The van der Waals surface area contributed by atoms with Crippen LogP contribution in [-0.2, 0) is 0 Å². The first-order valence-corrected chi connectivity index (χ1v) is 12.9. The van der Waals surface area contributed by atoms with E-state index in [0.29, 0.717) is 11.1 Å². The first kappa shape index (κ1) is 17.8. The maximum atomic E-state index is 7.59. The van der Waals surface area contributed by atoms with Crippen molar-refractivity contribution in [2.75, 3.05) is 0 Å². The molecule has 0 amide bonds. The Hall–Kier alpha value is -1.05. The van der Waals surface area contributed by atoms with E-state index in [0.717, 1.165) is 0 Å². The average molecular weight is 357 g/mol. The van der Waals surface area contributed by atoms with Crippen LogP contribution in [0.25, 0.3) is 0 Å². The van der Waals surface area contributed by atoms with E-state index >= 15 is 0 Å². The third kappa shape index (κ3) is 3.78. The highest BCUT2D eigenvalue weighted by molar-refractivity contribution is 7.22. The van der Waals surface area contributed by atoms with E-state index in [4.69, 9.17) is 11.1 Å². The lowest BCUT2D eigenvalue weighted by atomic mass is 10.0. The number of hydrogen-bond acceptors (Lipinski definition) is 0. The minimum atomic E-state index is -1.90. The Balaban J connectivity index is 1.86. The molecule has 0 bridgehead atoms. The van der Waals surface area contributed by atoms with Crippen LogP contribution < -0.4 is 0 Å². The zero-order valence-corrected chi connectivity index (χ0v) is 16.5. The Morgan fingerprint density at radius 1 is 0.792 bits per heavy atom. The van der Waals surface area contributed by atoms with Crippen LogP contribution in [0.2, 0.25) is 6.04 Å². The lowest BCUT2D eigenvalue weighted by molar-refractivity contribution is 0.694. The number of rotatable bonds is 7. The monoisotopic (exact) mass is 356 g/mol.